The second-order valence-electron chi connectivity index (χ2n) is 8.35. The molecule has 140 valence electrons. The molecule has 24 heavy (non-hydrogen) atoms. The van der Waals surface area contributed by atoms with Gasteiger partial charge in [-0.15, -0.1) is 12.4 Å². The number of piperidine rings is 1. The molecule has 0 aliphatic carbocycles. The molecule has 1 atom stereocenters. The molecule has 3 fully saturated rings. The Bertz CT molecular complexity index is 398. The van der Waals surface area contributed by atoms with Gasteiger partial charge in [0.2, 0.25) is 5.91 Å². The highest BCUT2D eigenvalue weighted by atomic mass is 35.5. The molecule has 3 aliphatic rings. The number of likely N-dealkylation sites (N-methyl/N-ethyl adjacent to an activating group) is 1. The minimum Gasteiger partial charge on any atom is -0.340 e. The fourth-order valence-corrected chi connectivity index (χ4v) is 4.32. The van der Waals surface area contributed by atoms with E-state index in [0.29, 0.717) is 17.2 Å². The average molecular weight is 359 g/mol. The lowest BCUT2D eigenvalue weighted by Crippen LogP contribution is -2.48. The summed E-state index contributed by atoms with van der Waals surface area (Å²) in [6.07, 6.45) is 4.47. The highest BCUT2D eigenvalue weighted by Gasteiger charge is 2.32. The van der Waals surface area contributed by atoms with Gasteiger partial charge < -0.3 is 20.0 Å². The molecular formula is C18H35ClN4O. The monoisotopic (exact) mass is 358 g/mol. The molecule has 1 N–H and O–H groups in total. The number of hydrogen-bond acceptors (Lipinski definition) is 4. The molecule has 6 heteroatoms. The molecule has 3 heterocycles. The third-order valence-corrected chi connectivity index (χ3v) is 6.09. The van der Waals surface area contributed by atoms with Gasteiger partial charge in [0.1, 0.15) is 0 Å². The van der Waals surface area contributed by atoms with Crippen LogP contribution in [0.1, 0.15) is 32.6 Å². The third kappa shape index (κ3) is 5.32. The number of rotatable bonds is 4. The standard InChI is InChI=1S/C18H34N4O.ClH/c1-18(5-6-19-14-18)15-21-7-3-16(4-8-21)13-17(23)22-11-9-20(2)10-12-22;/h16,19H,3-15H2,1-2H3;1H. The van der Waals surface area contributed by atoms with E-state index >= 15 is 0 Å². The van der Waals surface area contributed by atoms with Crippen molar-refractivity contribution in [2.45, 2.75) is 32.6 Å². The summed E-state index contributed by atoms with van der Waals surface area (Å²) in [6.45, 7) is 12.2. The fraction of sp³-hybridized carbons (Fsp3) is 0.944. The Labute approximate surface area is 153 Å². The normalized spacial score (nSPS) is 30.3. The first kappa shape index (κ1) is 20.0. The van der Waals surface area contributed by atoms with Gasteiger partial charge in [-0.2, -0.15) is 0 Å². The van der Waals surface area contributed by atoms with E-state index in [4.69, 9.17) is 0 Å². The van der Waals surface area contributed by atoms with Crippen molar-refractivity contribution in [2.24, 2.45) is 11.3 Å². The number of amides is 1. The van der Waals surface area contributed by atoms with Gasteiger partial charge in [0.05, 0.1) is 0 Å². The van der Waals surface area contributed by atoms with E-state index < -0.39 is 0 Å². The molecule has 1 unspecified atom stereocenters. The minimum atomic E-state index is 0. The first-order chi connectivity index (χ1) is 11.0. The number of hydrogen-bond donors (Lipinski definition) is 1. The van der Waals surface area contributed by atoms with E-state index in [1.807, 2.05) is 0 Å². The smallest absolute Gasteiger partial charge is 0.222 e. The molecule has 3 rings (SSSR count). The summed E-state index contributed by atoms with van der Waals surface area (Å²) >= 11 is 0. The van der Waals surface area contributed by atoms with E-state index in [0.717, 1.165) is 39.1 Å². The Morgan fingerprint density at radius 3 is 2.38 bits per heavy atom. The maximum Gasteiger partial charge on any atom is 0.222 e. The fourth-order valence-electron chi connectivity index (χ4n) is 4.32. The minimum absolute atomic E-state index is 0. The Morgan fingerprint density at radius 1 is 1.12 bits per heavy atom. The van der Waals surface area contributed by atoms with Crippen LogP contribution in [0, 0.1) is 11.3 Å². The van der Waals surface area contributed by atoms with E-state index in [1.54, 1.807) is 0 Å². The van der Waals surface area contributed by atoms with Gasteiger partial charge in [0.25, 0.3) is 0 Å². The van der Waals surface area contributed by atoms with Crippen molar-refractivity contribution in [3.05, 3.63) is 0 Å². The molecule has 3 saturated heterocycles. The molecule has 0 spiro atoms. The van der Waals surface area contributed by atoms with E-state index in [1.165, 1.54) is 45.4 Å². The number of likely N-dealkylation sites (tertiary alicyclic amines) is 1. The zero-order valence-corrected chi connectivity index (χ0v) is 16.2. The van der Waals surface area contributed by atoms with Crippen LogP contribution in [0.2, 0.25) is 0 Å². The molecule has 0 aromatic carbocycles. The number of nitrogens with zero attached hydrogens (tertiary/aromatic N) is 3. The predicted molar refractivity (Wildman–Crippen MR) is 101 cm³/mol. The van der Waals surface area contributed by atoms with Gasteiger partial charge >= 0.3 is 0 Å². The summed E-state index contributed by atoms with van der Waals surface area (Å²) in [5.74, 6) is 0.997. The van der Waals surface area contributed by atoms with Crippen molar-refractivity contribution in [2.75, 3.05) is 66.0 Å². The Hall–Kier alpha value is -0.360. The Morgan fingerprint density at radius 2 is 1.79 bits per heavy atom. The number of nitrogens with one attached hydrogen (secondary N) is 1. The molecule has 0 aromatic heterocycles. The third-order valence-electron chi connectivity index (χ3n) is 6.09. The highest BCUT2D eigenvalue weighted by molar-refractivity contribution is 5.85. The van der Waals surface area contributed by atoms with Crippen LogP contribution in [0.25, 0.3) is 0 Å². The Kier molecular flexibility index (Phi) is 7.35. The van der Waals surface area contributed by atoms with Gasteiger partial charge in [0, 0.05) is 45.7 Å². The van der Waals surface area contributed by atoms with Gasteiger partial charge in [-0.05, 0) is 57.3 Å². The van der Waals surface area contributed by atoms with E-state index in [2.05, 4.69) is 34.0 Å². The maximum atomic E-state index is 12.5. The number of carbonyl (C=O) groups excluding carboxylic acids is 1. The zero-order chi connectivity index (χ0) is 16.3. The van der Waals surface area contributed by atoms with Crippen LogP contribution in [0.4, 0.5) is 0 Å². The SMILES string of the molecule is CN1CCN(C(=O)CC2CCN(CC3(C)CCNC3)CC2)CC1.Cl. The van der Waals surface area contributed by atoms with Gasteiger partial charge in [-0.1, -0.05) is 6.92 Å². The van der Waals surface area contributed by atoms with Crippen molar-refractivity contribution >= 4 is 18.3 Å². The summed E-state index contributed by atoms with van der Waals surface area (Å²) in [6, 6.07) is 0. The van der Waals surface area contributed by atoms with Crippen LogP contribution in [-0.4, -0.2) is 86.6 Å². The van der Waals surface area contributed by atoms with Crippen molar-refractivity contribution in [3.63, 3.8) is 0 Å². The van der Waals surface area contributed by atoms with Crippen LogP contribution in [0.5, 0.6) is 0 Å². The summed E-state index contributed by atoms with van der Waals surface area (Å²) in [5.41, 5.74) is 0.461. The average Bonchev–Trinajstić information content (AvgIpc) is 2.96. The summed E-state index contributed by atoms with van der Waals surface area (Å²) in [7, 11) is 2.14. The molecule has 3 aliphatic heterocycles. The lowest BCUT2D eigenvalue weighted by Gasteiger charge is -2.38. The topological polar surface area (TPSA) is 38.8 Å². The summed E-state index contributed by atoms with van der Waals surface area (Å²) < 4.78 is 0. The molecule has 0 bridgehead atoms. The zero-order valence-electron chi connectivity index (χ0n) is 15.4. The van der Waals surface area contributed by atoms with Gasteiger partial charge in [-0.25, -0.2) is 0 Å². The van der Waals surface area contributed by atoms with Crippen molar-refractivity contribution in [3.8, 4) is 0 Å². The molecule has 0 saturated carbocycles. The summed E-state index contributed by atoms with van der Waals surface area (Å²) in [5, 5.41) is 3.50. The second kappa shape index (κ2) is 8.84. The van der Waals surface area contributed by atoms with Crippen LogP contribution in [0.15, 0.2) is 0 Å². The maximum absolute atomic E-state index is 12.5. The largest absolute Gasteiger partial charge is 0.340 e. The second-order valence-corrected chi connectivity index (χ2v) is 8.35. The van der Waals surface area contributed by atoms with Gasteiger partial charge in [0.15, 0.2) is 0 Å². The molecular weight excluding hydrogens is 324 g/mol. The Balaban J connectivity index is 0.00000208. The van der Waals surface area contributed by atoms with Crippen LogP contribution >= 0.6 is 12.4 Å². The predicted octanol–water partition coefficient (Wildman–Crippen LogP) is 1.28. The highest BCUT2D eigenvalue weighted by Crippen LogP contribution is 2.29. The number of piperazine rings is 1. The van der Waals surface area contributed by atoms with Crippen LogP contribution in [-0.2, 0) is 4.79 Å². The molecule has 1 amide bonds. The first-order valence-corrected chi connectivity index (χ1v) is 9.43. The van der Waals surface area contributed by atoms with Crippen molar-refractivity contribution < 1.29 is 4.79 Å². The first-order valence-electron chi connectivity index (χ1n) is 9.43. The van der Waals surface area contributed by atoms with E-state index in [-0.39, 0.29) is 12.4 Å². The molecule has 5 nitrogen and oxygen atoms in total. The number of halogens is 1. The van der Waals surface area contributed by atoms with E-state index in [9.17, 15) is 4.79 Å². The van der Waals surface area contributed by atoms with Crippen LogP contribution in [0.3, 0.4) is 0 Å². The molecule has 0 aromatic rings. The van der Waals surface area contributed by atoms with Crippen molar-refractivity contribution in [1.82, 2.24) is 20.0 Å². The summed E-state index contributed by atoms with van der Waals surface area (Å²) in [4.78, 5) is 19.5. The lowest BCUT2D eigenvalue weighted by molar-refractivity contribution is -0.134. The van der Waals surface area contributed by atoms with Crippen LogP contribution < -0.4 is 5.32 Å². The van der Waals surface area contributed by atoms with Gasteiger partial charge in [-0.3, -0.25) is 4.79 Å². The quantitative estimate of drug-likeness (QED) is 0.821. The lowest BCUT2D eigenvalue weighted by atomic mass is 9.87. The molecule has 0 radical (unpaired) electrons. The number of carbonyl (C=O) groups is 1. The van der Waals surface area contributed by atoms with Crippen molar-refractivity contribution in [1.29, 1.82) is 0 Å².